The van der Waals surface area contributed by atoms with E-state index in [1.807, 2.05) is 25.5 Å². The van der Waals surface area contributed by atoms with Gasteiger partial charge in [0.1, 0.15) is 22.8 Å². The Morgan fingerprint density at radius 1 is 0.922 bits per heavy atom. The monoisotopic (exact) mass is 777 g/mol. The minimum atomic E-state index is -3.65. The first-order valence-electron chi connectivity index (χ1n) is 16.6. The quantitative estimate of drug-likeness (QED) is 0.185. The van der Waals surface area contributed by atoms with Crippen LogP contribution < -0.4 is 25.0 Å². The van der Waals surface area contributed by atoms with Gasteiger partial charge in [0.2, 0.25) is 21.9 Å². The highest BCUT2D eigenvalue weighted by Crippen LogP contribution is 2.39. The van der Waals surface area contributed by atoms with Crippen LogP contribution in [0.25, 0.3) is 22.2 Å². The predicted molar refractivity (Wildman–Crippen MR) is 202 cm³/mol. The van der Waals surface area contributed by atoms with E-state index in [-0.39, 0.29) is 11.6 Å². The van der Waals surface area contributed by atoms with Crippen molar-refractivity contribution in [1.29, 1.82) is 0 Å². The van der Waals surface area contributed by atoms with E-state index in [1.54, 1.807) is 36.3 Å². The Hall–Kier alpha value is -4.65. The van der Waals surface area contributed by atoms with Gasteiger partial charge >= 0.3 is 0 Å². The average molecular weight is 779 g/mol. The van der Waals surface area contributed by atoms with Crippen molar-refractivity contribution < 1.29 is 13.2 Å². The number of pyridine rings is 1. The number of hydrogen-bond donors (Lipinski definition) is 3. The van der Waals surface area contributed by atoms with E-state index in [9.17, 15) is 8.42 Å². The largest absolute Gasteiger partial charge is 0.479 e. The summed E-state index contributed by atoms with van der Waals surface area (Å²) in [6, 6.07) is 6.03. The van der Waals surface area contributed by atoms with E-state index in [4.69, 9.17) is 14.7 Å². The fraction of sp³-hybridized carbons (Fsp3) is 0.394. The highest BCUT2D eigenvalue weighted by molar-refractivity contribution is 9.10. The van der Waals surface area contributed by atoms with Gasteiger partial charge < -0.3 is 25.2 Å². The second kappa shape index (κ2) is 14.5. The molecule has 0 atom stereocenters. The van der Waals surface area contributed by atoms with Crippen LogP contribution in [0.1, 0.15) is 12.8 Å². The molecule has 6 heterocycles. The Morgan fingerprint density at radius 2 is 1.69 bits per heavy atom. The fourth-order valence-corrected chi connectivity index (χ4v) is 7.44. The van der Waals surface area contributed by atoms with Gasteiger partial charge in [0, 0.05) is 88.3 Å². The minimum absolute atomic E-state index is 0.248. The maximum absolute atomic E-state index is 12.3. The molecule has 2 aliphatic rings. The van der Waals surface area contributed by atoms with Crippen LogP contribution in [0.3, 0.4) is 0 Å². The minimum Gasteiger partial charge on any atom is -0.479 e. The molecule has 268 valence electrons. The molecule has 0 saturated carbocycles. The van der Waals surface area contributed by atoms with Gasteiger partial charge in [0.15, 0.2) is 0 Å². The molecule has 0 spiro atoms. The zero-order chi connectivity index (χ0) is 35.7. The molecular formula is C33H40BrN13O3S. The number of benzene rings is 1. The first-order chi connectivity index (χ1) is 24.5. The van der Waals surface area contributed by atoms with E-state index in [0.29, 0.717) is 44.6 Å². The molecule has 5 aromatic rings. The van der Waals surface area contributed by atoms with Crippen molar-refractivity contribution in [2.45, 2.75) is 18.9 Å². The topological polar surface area (TPSA) is 171 Å². The second-order valence-corrected chi connectivity index (χ2v) is 15.4. The van der Waals surface area contributed by atoms with Crippen LogP contribution in [-0.2, 0) is 17.1 Å². The highest BCUT2D eigenvalue weighted by atomic mass is 79.9. The number of nitrogens with one attached hydrogen (secondary N) is 3. The summed E-state index contributed by atoms with van der Waals surface area (Å²) in [6.07, 6.45) is 11.7. The molecule has 2 fully saturated rings. The molecule has 2 saturated heterocycles. The number of hydrogen-bond acceptors (Lipinski definition) is 14. The number of aryl methyl sites for hydroxylation is 1. The van der Waals surface area contributed by atoms with Crippen LogP contribution in [0.5, 0.6) is 5.88 Å². The van der Waals surface area contributed by atoms with Gasteiger partial charge in [-0.25, -0.2) is 13.4 Å². The predicted octanol–water partition coefficient (Wildman–Crippen LogP) is 4.06. The van der Waals surface area contributed by atoms with Gasteiger partial charge in [0.25, 0.3) is 0 Å². The molecule has 18 heteroatoms. The van der Waals surface area contributed by atoms with E-state index in [0.717, 1.165) is 75.3 Å². The average Bonchev–Trinajstić information content (AvgIpc) is 3.56. The number of aromatic nitrogens is 7. The Kier molecular flexibility index (Phi) is 9.91. The highest BCUT2D eigenvalue weighted by Gasteiger charge is 2.29. The van der Waals surface area contributed by atoms with Crippen LogP contribution in [0.4, 0.5) is 34.6 Å². The summed E-state index contributed by atoms with van der Waals surface area (Å²) in [5.41, 5.74) is 4.01. The third-order valence-corrected chi connectivity index (χ3v) is 10.3. The SMILES string of the molecule is COc1nc(N2CCC(N3CCN(C)CC3)CC2)c(-c2cnn(C)c2)cc1Nc1ncc(Br)c(Nc2ccc3nccnc3c2NS(C)(=O)=O)n1. The first-order valence-corrected chi connectivity index (χ1v) is 19.3. The van der Waals surface area contributed by atoms with Gasteiger partial charge in [-0.15, -0.1) is 0 Å². The number of ether oxygens (including phenoxy) is 1. The number of methoxy groups -OCH3 is 1. The molecule has 3 N–H and O–H groups in total. The number of nitrogens with zero attached hydrogens (tertiary/aromatic N) is 10. The normalized spacial score (nSPS) is 16.4. The molecule has 16 nitrogen and oxygen atoms in total. The number of fused-ring (bicyclic) bond motifs is 1. The molecule has 0 aliphatic carbocycles. The van der Waals surface area contributed by atoms with Crippen LogP contribution in [0.15, 0.2) is 53.7 Å². The lowest BCUT2D eigenvalue weighted by Gasteiger charge is -2.42. The van der Waals surface area contributed by atoms with Crippen molar-refractivity contribution in [3.63, 3.8) is 0 Å². The van der Waals surface area contributed by atoms with Gasteiger partial charge in [-0.2, -0.15) is 15.1 Å². The molecular weight excluding hydrogens is 738 g/mol. The number of likely N-dealkylation sites (N-methyl/N-ethyl adjacent to an activating group) is 1. The van der Waals surface area contributed by atoms with Gasteiger partial charge in [-0.1, -0.05) is 0 Å². The summed E-state index contributed by atoms with van der Waals surface area (Å²) >= 11 is 3.53. The molecule has 0 bridgehead atoms. The summed E-state index contributed by atoms with van der Waals surface area (Å²) < 4.78 is 35.4. The van der Waals surface area contributed by atoms with Crippen molar-refractivity contribution in [3.8, 4) is 17.0 Å². The molecule has 7 rings (SSSR count). The smallest absolute Gasteiger partial charge is 0.239 e. The summed E-state index contributed by atoms with van der Waals surface area (Å²) in [4.78, 5) is 30.3. The number of rotatable bonds is 10. The van der Waals surface area contributed by atoms with E-state index >= 15 is 0 Å². The molecule has 4 aromatic heterocycles. The first kappa shape index (κ1) is 34.8. The third-order valence-electron chi connectivity index (χ3n) is 9.17. The van der Waals surface area contributed by atoms with Gasteiger partial charge in [-0.3, -0.25) is 24.3 Å². The lowest BCUT2D eigenvalue weighted by atomic mass is 10.0. The van der Waals surface area contributed by atoms with Crippen LogP contribution in [0, 0.1) is 0 Å². The van der Waals surface area contributed by atoms with Gasteiger partial charge in [0.05, 0.1) is 40.9 Å². The Balaban J connectivity index is 1.18. The number of piperidine rings is 1. The lowest BCUT2D eigenvalue weighted by molar-refractivity contribution is 0.0981. The number of anilines is 6. The zero-order valence-corrected chi connectivity index (χ0v) is 31.2. The molecule has 0 amide bonds. The summed E-state index contributed by atoms with van der Waals surface area (Å²) in [5, 5.41) is 11.0. The maximum atomic E-state index is 12.3. The van der Waals surface area contributed by atoms with E-state index < -0.39 is 10.0 Å². The maximum Gasteiger partial charge on any atom is 0.239 e. The second-order valence-electron chi connectivity index (χ2n) is 12.8. The Labute approximate surface area is 304 Å². The molecule has 51 heavy (non-hydrogen) atoms. The third kappa shape index (κ3) is 7.83. The molecule has 1 aromatic carbocycles. The van der Waals surface area contributed by atoms with Crippen LogP contribution >= 0.6 is 15.9 Å². The number of sulfonamides is 1. The Bertz CT molecular complexity index is 2150. The Morgan fingerprint density at radius 3 is 2.39 bits per heavy atom. The van der Waals surface area contributed by atoms with Gasteiger partial charge in [-0.05, 0) is 54.0 Å². The van der Waals surface area contributed by atoms with E-state index in [1.165, 1.54) is 6.20 Å². The summed E-state index contributed by atoms with van der Waals surface area (Å²) in [6.45, 7) is 6.21. The molecule has 0 unspecified atom stereocenters. The van der Waals surface area contributed by atoms with E-state index in [2.05, 4.69) is 73.1 Å². The fourth-order valence-electron chi connectivity index (χ4n) is 6.57. The van der Waals surface area contributed by atoms with Crippen LogP contribution in [0.2, 0.25) is 0 Å². The van der Waals surface area contributed by atoms with Crippen molar-refractivity contribution in [2.75, 3.05) is 79.9 Å². The number of halogens is 1. The van der Waals surface area contributed by atoms with Crippen molar-refractivity contribution >= 4 is 71.6 Å². The number of piperazine rings is 1. The van der Waals surface area contributed by atoms with Crippen molar-refractivity contribution in [1.82, 2.24) is 44.5 Å². The summed E-state index contributed by atoms with van der Waals surface area (Å²) in [7, 11) is 2.03. The summed E-state index contributed by atoms with van der Waals surface area (Å²) in [5.74, 6) is 1.88. The standard InChI is InChI=1S/C33H40BrN13O3S/c1-44-13-15-46(16-14-44)22-7-11-47(12-8-22)31-23(21-18-38-45(2)20-21)17-27(32(42-31)50-3)40-33-37-19-24(34)30(41-33)39-26-6-5-25-28(36-10-9-35-25)29(26)43-51(4,48)49/h5-6,9-10,17-20,22,43H,7-8,11-16H2,1-4H3,(H2,37,39,40,41). The van der Waals surface area contributed by atoms with Crippen molar-refractivity contribution in [3.05, 3.63) is 53.7 Å². The molecule has 0 radical (unpaired) electrons. The van der Waals surface area contributed by atoms with Crippen LogP contribution in [-0.4, -0.2) is 119 Å². The zero-order valence-electron chi connectivity index (χ0n) is 28.8. The lowest BCUT2D eigenvalue weighted by Crippen LogP contribution is -2.52. The van der Waals surface area contributed by atoms with Crippen molar-refractivity contribution in [2.24, 2.45) is 7.05 Å². The molecule has 2 aliphatic heterocycles.